The fourth-order valence-corrected chi connectivity index (χ4v) is 3.11. The molecule has 1 aliphatic heterocycles. The lowest BCUT2D eigenvalue weighted by molar-refractivity contribution is 0.399. The van der Waals surface area contributed by atoms with Gasteiger partial charge in [0.15, 0.2) is 0 Å². The van der Waals surface area contributed by atoms with Crippen LogP contribution in [0.5, 0.6) is 0 Å². The van der Waals surface area contributed by atoms with E-state index in [0.717, 1.165) is 24.6 Å². The van der Waals surface area contributed by atoms with Crippen LogP contribution in [-0.4, -0.2) is 29.4 Å². The number of hydrogen-bond donors (Lipinski definition) is 1. The van der Waals surface area contributed by atoms with Crippen molar-refractivity contribution < 1.29 is 0 Å². The Bertz CT molecular complexity index is 397. The number of piperidine rings is 1. The summed E-state index contributed by atoms with van der Waals surface area (Å²) in [5.74, 6) is 2.13. The predicted octanol–water partition coefficient (Wildman–Crippen LogP) is 1.86. The van der Waals surface area contributed by atoms with Crippen LogP contribution >= 0.6 is 0 Å². The molecule has 1 atom stereocenters. The minimum Gasteiger partial charge on any atom is -0.356 e. The Morgan fingerprint density at radius 2 is 2.22 bits per heavy atom. The molecule has 2 heterocycles. The number of hydrogen-bond acceptors (Lipinski definition) is 3. The van der Waals surface area contributed by atoms with Crippen molar-refractivity contribution in [2.45, 2.75) is 39.5 Å². The highest BCUT2D eigenvalue weighted by molar-refractivity contribution is 5.50. The van der Waals surface area contributed by atoms with Crippen molar-refractivity contribution in [3.8, 4) is 0 Å². The molecular formula is C14H26N4. The van der Waals surface area contributed by atoms with Gasteiger partial charge in [0.2, 0.25) is 0 Å². The molecule has 1 aromatic heterocycles. The second kappa shape index (κ2) is 5.74. The van der Waals surface area contributed by atoms with Crippen molar-refractivity contribution in [3.63, 3.8) is 0 Å². The Morgan fingerprint density at radius 3 is 2.89 bits per heavy atom. The number of aromatic nitrogens is 2. The average molecular weight is 250 g/mol. The third-order valence-electron chi connectivity index (χ3n) is 4.10. The van der Waals surface area contributed by atoms with Gasteiger partial charge in [-0.1, -0.05) is 13.3 Å². The molecule has 0 aromatic carbocycles. The van der Waals surface area contributed by atoms with E-state index in [1.807, 2.05) is 4.68 Å². The SMILES string of the molecule is CCC1CCCN(c2c(CCN)c(C)nn2C)C1. The highest BCUT2D eigenvalue weighted by Crippen LogP contribution is 2.29. The summed E-state index contributed by atoms with van der Waals surface area (Å²) in [6.45, 7) is 7.42. The zero-order valence-electron chi connectivity index (χ0n) is 11.9. The van der Waals surface area contributed by atoms with E-state index in [1.165, 1.54) is 37.2 Å². The molecule has 4 heteroatoms. The van der Waals surface area contributed by atoms with Gasteiger partial charge in [-0.05, 0) is 38.6 Å². The van der Waals surface area contributed by atoms with E-state index in [9.17, 15) is 0 Å². The number of rotatable bonds is 4. The Hall–Kier alpha value is -1.03. The topological polar surface area (TPSA) is 47.1 Å². The Morgan fingerprint density at radius 1 is 1.44 bits per heavy atom. The molecular weight excluding hydrogens is 224 g/mol. The van der Waals surface area contributed by atoms with Gasteiger partial charge in [0.25, 0.3) is 0 Å². The second-order valence-corrected chi connectivity index (χ2v) is 5.41. The van der Waals surface area contributed by atoms with Crippen molar-refractivity contribution in [2.75, 3.05) is 24.5 Å². The lowest BCUT2D eigenvalue weighted by Gasteiger charge is -2.34. The summed E-state index contributed by atoms with van der Waals surface area (Å²) in [5, 5.41) is 4.58. The molecule has 0 radical (unpaired) electrons. The monoisotopic (exact) mass is 250 g/mol. The molecule has 0 amide bonds. The lowest BCUT2D eigenvalue weighted by atomic mass is 9.95. The molecule has 4 nitrogen and oxygen atoms in total. The first-order chi connectivity index (χ1) is 8.67. The summed E-state index contributed by atoms with van der Waals surface area (Å²) in [5.41, 5.74) is 8.21. The largest absolute Gasteiger partial charge is 0.356 e. The van der Waals surface area contributed by atoms with Crippen LogP contribution in [-0.2, 0) is 13.5 Å². The van der Waals surface area contributed by atoms with Gasteiger partial charge in [-0.2, -0.15) is 5.10 Å². The fourth-order valence-electron chi connectivity index (χ4n) is 3.11. The first-order valence-electron chi connectivity index (χ1n) is 7.14. The van der Waals surface area contributed by atoms with Gasteiger partial charge in [0.05, 0.1) is 5.69 Å². The minimum absolute atomic E-state index is 0.699. The van der Waals surface area contributed by atoms with E-state index in [-0.39, 0.29) is 0 Å². The van der Waals surface area contributed by atoms with Crippen LogP contribution in [0, 0.1) is 12.8 Å². The van der Waals surface area contributed by atoms with Gasteiger partial charge in [-0.3, -0.25) is 4.68 Å². The molecule has 18 heavy (non-hydrogen) atoms. The first-order valence-corrected chi connectivity index (χ1v) is 7.14. The third-order valence-corrected chi connectivity index (χ3v) is 4.10. The summed E-state index contributed by atoms with van der Waals surface area (Å²) < 4.78 is 2.04. The van der Waals surface area contributed by atoms with Gasteiger partial charge < -0.3 is 10.6 Å². The number of anilines is 1. The number of nitrogens with zero attached hydrogens (tertiary/aromatic N) is 3. The van der Waals surface area contributed by atoms with Crippen LogP contribution in [0.25, 0.3) is 0 Å². The Kier molecular flexibility index (Phi) is 4.27. The van der Waals surface area contributed by atoms with E-state index in [4.69, 9.17) is 5.73 Å². The molecule has 0 aliphatic carbocycles. The quantitative estimate of drug-likeness (QED) is 0.887. The van der Waals surface area contributed by atoms with E-state index in [0.29, 0.717) is 6.54 Å². The molecule has 0 saturated carbocycles. The van der Waals surface area contributed by atoms with Gasteiger partial charge in [0.1, 0.15) is 5.82 Å². The summed E-state index contributed by atoms with van der Waals surface area (Å²) in [6, 6.07) is 0. The van der Waals surface area contributed by atoms with Crippen molar-refractivity contribution in [1.29, 1.82) is 0 Å². The number of aryl methyl sites for hydroxylation is 2. The van der Waals surface area contributed by atoms with Crippen LogP contribution in [0.4, 0.5) is 5.82 Å². The van der Waals surface area contributed by atoms with E-state index >= 15 is 0 Å². The fraction of sp³-hybridized carbons (Fsp3) is 0.786. The van der Waals surface area contributed by atoms with Crippen molar-refractivity contribution in [1.82, 2.24) is 9.78 Å². The highest BCUT2D eigenvalue weighted by Gasteiger charge is 2.24. The third kappa shape index (κ3) is 2.53. The summed E-state index contributed by atoms with van der Waals surface area (Å²) >= 11 is 0. The van der Waals surface area contributed by atoms with E-state index in [2.05, 4.69) is 30.9 Å². The zero-order chi connectivity index (χ0) is 13.1. The van der Waals surface area contributed by atoms with Gasteiger partial charge in [-0.25, -0.2) is 0 Å². The van der Waals surface area contributed by atoms with Gasteiger partial charge >= 0.3 is 0 Å². The second-order valence-electron chi connectivity index (χ2n) is 5.41. The van der Waals surface area contributed by atoms with Crippen LogP contribution < -0.4 is 10.6 Å². The normalized spacial score (nSPS) is 20.4. The molecule has 1 aromatic rings. The molecule has 102 valence electrons. The summed E-state index contributed by atoms with van der Waals surface area (Å²) in [7, 11) is 2.05. The molecule has 1 saturated heterocycles. The van der Waals surface area contributed by atoms with Gasteiger partial charge in [-0.15, -0.1) is 0 Å². The molecule has 2 N–H and O–H groups in total. The van der Waals surface area contributed by atoms with Crippen molar-refractivity contribution in [2.24, 2.45) is 18.7 Å². The summed E-state index contributed by atoms with van der Waals surface area (Å²) in [6.07, 6.45) is 4.88. The first kappa shape index (κ1) is 13.4. The average Bonchev–Trinajstić information content (AvgIpc) is 2.65. The zero-order valence-corrected chi connectivity index (χ0v) is 11.9. The minimum atomic E-state index is 0.699. The molecule has 2 rings (SSSR count). The summed E-state index contributed by atoms with van der Waals surface area (Å²) in [4.78, 5) is 2.52. The van der Waals surface area contributed by atoms with Crippen molar-refractivity contribution >= 4 is 5.82 Å². The van der Waals surface area contributed by atoms with Crippen LogP contribution in [0.2, 0.25) is 0 Å². The highest BCUT2D eigenvalue weighted by atomic mass is 15.4. The van der Waals surface area contributed by atoms with Crippen molar-refractivity contribution in [3.05, 3.63) is 11.3 Å². The molecule has 1 fully saturated rings. The maximum absolute atomic E-state index is 5.74. The Labute approximate surface area is 110 Å². The van der Waals surface area contributed by atoms with E-state index in [1.54, 1.807) is 0 Å². The maximum Gasteiger partial charge on any atom is 0.130 e. The maximum atomic E-state index is 5.74. The van der Waals surface area contributed by atoms with Crippen LogP contribution in [0.1, 0.15) is 37.4 Å². The molecule has 0 bridgehead atoms. The predicted molar refractivity (Wildman–Crippen MR) is 75.9 cm³/mol. The van der Waals surface area contributed by atoms with Crippen LogP contribution in [0.3, 0.4) is 0 Å². The van der Waals surface area contributed by atoms with E-state index < -0.39 is 0 Å². The molecule has 0 spiro atoms. The van der Waals surface area contributed by atoms with Gasteiger partial charge in [0, 0.05) is 25.7 Å². The lowest BCUT2D eigenvalue weighted by Crippen LogP contribution is -2.37. The number of nitrogens with two attached hydrogens (primary N) is 1. The molecule has 1 unspecified atom stereocenters. The standard InChI is InChI=1S/C14H26N4/c1-4-12-6-5-9-18(10-12)14-13(7-8-15)11(2)16-17(14)3/h12H,4-10,15H2,1-3H3. The Balaban J connectivity index is 2.25. The van der Waals surface area contributed by atoms with Crippen LogP contribution in [0.15, 0.2) is 0 Å². The molecule has 1 aliphatic rings. The smallest absolute Gasteiger partial charge is 0.130 e.